The zero-order chi connectivity index (χ0) is 19.4. The Hall–Kier alpha value is -1.75. The zero-order valence-electron chi connectivity index (χ0n) is 17.3. The molecule has 0 amide bonds. The van der Waals surface area contributed by atoms with E-state index < -0.39 is 0 Å². The molecule has 1 aromatic carbocycles. The van der Waals surface area contributed by atoms with Gasteiger partial charge in [0.2, 0.25) is 0 Å². The van der Waals surface area contributed by atoms with Gasteiger partial charge >= 0.3 is 0 Å². The molecule has 0 atom stereocenters. The number of unbranched alkanes of at least 4 members (excludes halogenated alkanes) is 13. The molecule has 1 rings (SSSR count). The standard InChI is InChI=1S/C25H38NO/c1-2-3-4-5-6-7-8-9-10-11-12-13-14-15-22-26-25-20-18-24(19-21-25)17-16-23-27/h18-21,26H,2-15,22H2,1H3. The first-order chi connectivity index (χ1) is 13.4. The summed E-state index contributed by atoms with van der Waals surface area (Å²) in [5.74, 6) is 5.05. The highest BCUT2D eigenvalue weighted by Gasteiger charge is 1.95. The van der Waals surface area contributed by atoms with E-state index in [2.05, 4.69) is 24.1 Å². The van der Waals surface area contributed by atoms with Crippen molar-refractivity contribution in [1.82, 2.24) is 0 Å². The Morgan fingerprint density at radius 3 is 1.67 bits per heavy atom. The second kappa shape index (κ2) is 17.7. The minimum Gasteiger partial charge on any atom is -0.385 e. The maximum Gasteiger partial charge on any atom is 0.285 e. The summed E-state index contributed by atoms with van der Waals surface area (Å²) in [6, 6.07) is 7.88. The van der Waals surface area contributed by atoms with Crippen molar-refractivity contribution in [2.75, 3.05) is 11.9 Å². The lowest BCUT2D eigenvalue weighted by Gasteiger charge is -2.06. The van der Waals surface area contributed by atoms with Gasteiger partial charge in [-0.3, -0.25) is 4.79 Å². The monoisotopic (exact) mass is 368 g/mol. The van der Waals surface area contributed by atoms with Crippen LogP contribution in [0, 0.1) is 11.8 Å². The van der Waals surface area contributed by atoms with Gasteiger partial charge in [0.15, 0.2) is 0 Å². The Labute approximate surface area is 167 Å². The average molecular weight is 369 g/mol. The number of carbonyl (C=O) groups excluding carboxylic acids is 1. The average Bonchev–Trinajstić information content (AvgIpc) is 2.70. The number of rotatable bonds is 16. The SMILES string of the molecule is CCCCCCCCCCCCCCCCNc1ccc(C#C[C]=O)cc1. The van der Waals surface area contributed by atoms with E-state index >= 15 is 0 Å². The van der Waals surface area contributed by atoms with Crippen molar-refractivity contribution in [3.8, 4) is 11.8 Å². The first-order valence-electron chi connectivity index (χ1n) is 11.1. The van der Waals surface area contributed by atoms with Crippen LogP contribution >= 0.6 is 0 Å². The van der Waals surface area contributed by atoms with E-state index in [9.17, 15) is 4.79 Å². The Kier molecular flexibility index (Phi) is 15.2. The van der Waals surface area contributed by atoms with E-state index in [-0.39, 0.29) is 0 Å². The van der Waals surface area contributed by atoms with Gasteiger partial charge in [0.1, 0.15) is 0 Å². The van der Waals surface area contributed by atoms with Crippen LogP contribution in [0.5, 0.6) is 0 Å². The molecule has 0 aromatic heterocycles. The molecule has 0 aliphatic heterocycles. The van der Waals surface area contributed by atoms with Gasteiger partial charge in [0.25, 0.3) is 6.29 Å². The van der Waals surface area contributed by atoms with E-state index in [1.807, 2.05) is 24.3 Å². The summed E-state index contributed by atoms with van der Waals surface area (Å²) in [4.78, 5) is 10.1. The molecule has 149 valence electrons. The molecule has 1 N–H and O–H groups in total. The van der Waals surface area contributed by atoms with Crippen molar-refractivity contribution in [3.05, 3.63) is 29.8 Å². The fourth-order valence-corrected chi connectivity index (χ4v) is 3.32. The van der Waals surface area contributed by atoms with Crippen molar-refractivity contribution < 1.29 is 4.79 Å². The Morgan fingerprint density at radius 1 is 0.704 bits per heavy atom. The summed E-state index contributed by atoms with van der Waals surface area (Å²) >= 11 is 0. The molecular weight excluding hydrogens is 330 g/mol. The van der Waals surface area contributed by atoms with E-state index in [0.717, 1.165) is 17.8 Å². The third-order valence-corrected chi connectivity index (χ3v) is 5.00. The van der Waals surface area contributed by atoms with Gasteiger partial charge in [-0.1, -0.05) is 96.3 Å². The zero-order valence-corrected chi connectivity index (χ0v) is 17.3. The lowest BCUT2D eigenvalue weighted by atomic mass is 10.0. The van der Waals surface area contributed by atoms with Crippen molar-refractivity contribution in [2.45, 2.75) is 96.8 Å². The highest BCUT2D eigenvalue weighted by Crippen LogP contribution is 2.13. The molecule has 0 aliphatic rings. The molecule has 0 spiro atoms. The van der Waals surface area contributed by atoms with Gasteiger partial charge in [-0.2, -0.15) is 0 Å². The molecule has 0 fully saturated rings. The normalized spacial score (nSPS) is 10.3. The molecule has 0 heterocycles. The summed E-state index contributed by atoms with van der Waals surface area (Å²) in [6.45, 7) is 3.30. The maximum absolute atomic E-state index is 10.1. The predicted molar refractivity (Wildman–Crippen MR) is 118 cm³/mol. The van der Waals surface area contributed by atoms with Crippen LogP contribution in [-0.4, -0.2) is 12.8 Å². The lowest BCUT2D eigenvalue weighted by Crippen LogP contribution is -2.01. The van der Waals surface area contributed by atoms with Gasteiger partial charge in [-0.15, -0.1) is 0 Å². The van der Waals surface area contributed by atoms with Crippen LogP contribution < -0.4 is 5.32 Å². The van der Waals surface area contributed by atoms with Crippen LogP contribution in [0.3, 0.4) is 0 Å². The van der Waals surface area contributed by atoms with Gasteiger partial charge < -0.3 is 5.32 Å². The minimum atomic E-state index is 0.848. The predicted octanol–water partition coefficient (Wildman–Crippen LogP) is 7.04. The fraction of sp³-hybridized carbons (Fsp3) is 0.640. The van der Waals surface area contributed by atoms with E-state index in [4.69, 9.17) is 0 Å². The second-order valence-corrected chi connectivity index (χ2v) is 7.45. The van der Waals surface area contributed by atoms with Crippen LogP contribution in [0.4, 0.5) is 5.69 Å². The highest BCUT2D eigenvalue weighted by molar-refractivity contribution is 5.74. The molecule has 0 saturated carbocycles. The highest BCUT2D eigenvalue weighted by atomic mass is 16.1. The number of hydrogen-bond acceptors (Lipinski definition) is 2. The van der Waals surface area contributed by atoms with Crippen molar-refractivity contribution in [2.24, 2.45) is 0 Å². The lowest BCUT2D eigenvalue weighted by molar-refractivity contribution is 0.537. The van der Waals surface area contributed by atoms with Gasteiger partial charge in [0.05, 0.1) is 0 Å². The summed E-state index contributed by atoms with van der Waals surface area (Å²) in [5, 5.41) is 3.45. The summed E-state index contributed by atoms with van der Waals surface area (Å²) in [7, 11) is 0. The van der Waals surface area contributed by atoms with Crippen molar-refractivity contribution >= 4 is 12.0 Å². The number of nitrogens with one attached hydrogen (secondary N) is 1. The molecule has 2 heteroatoms. The molecule has 27 heavy (non-hydrogen) atoms. The van der Waals surface area contributed by atoms with Crippen LogP contribution in [0.15, 0.2) is 24.3 Å². The minimum absolute atomic E-state index is 0.848. The largest absolute Gasteiger partial charge is 0.385 e. The van der Waals surface area contributed by atoms with Crippen molar-refractivity contribution in [3.63, 3.8) is 0 Å². The van der Waals surface area contributed by atoms with Crippen LogP contribution in [0.2, 0.25) is 0 Å². The van der Waals surface area contributed by atoms with Gasteiger partial charge in [-0.25, -0.2) is 0 Å². The smallest absolute Gasteiger partial charge is 0.285 e. The summed E-state index contributed by atoms with van der Waals surface area (Å²) < 4.78 is 0. The molecule has 1 radical (unpaired) electrons. The Bertz CT molecular complexity index is 523. The maximum atomic E-state index is 10.1. The molecule has 0 bridgehead atoms. The van der Waals surface area contributed by atoms with Crippen LogP contribution in [0.25, 0.3) is 0 Å². The molecule has 1 aromatic rings. The van der Waals surface area contributed by atoms with Crippen LogP contribution in [0.1, 0.15) is 102 Å². The third kappa shape index (κ3) is 14.0. The fourth-order valence-electron chi connectivity index (χ4n) is 3.32. The Morgan fingerprint density at radius 2 is 1.19 bits per heavy atom. The first-order valence-corrected chi connectivity index (χ1v) is 11.1. The molecule has 0 aliphatic carbocycles. The first kappa shape index (κ1) is 23.3. The van der Waals surface area contributed by atoms with E-state index in [1.54, 1.807) is 6.29 Å². The third-order valence-electron chi connectivity index (χ3n) is 5.00. The molecule has 2 nitrogen and oxygen atoms in total. The summed E-state index contributed by atoms with van der Waals surface area (Å²) in [6.07, 6.45) is 21.1. The topological polar surface area (TPSA) is 29.1 Å². The van der Waals surface area contributed by atoms with E-state index in [1.165, 1.54) is 89.9 Å². The molecular formula is C25H38NO. The molecule has 0 saturated heterocycles. The van der Waals surface area contributed by atoms with E-state index in [0.29, 0.717) is 0 Å². The quantitative estimate of drug-likeness (QED) is 0.250. The van der Waals surface area contributed by atoms with Gasteiger partial charge in [-0.05, 0) is 36.6 Å². The summed E-state index contributed by atoms with van der Waals surface area (Å²) in [5.41, 5.74) is 1.96. The number of hydrogen-bond donors (Lipinski definition) is 1. The Balaban J connectivity index is 1.86. The van der Waals surface area contributed by atoms with Crippen LogP contribution in [-0.2, 0) is 4.79 Å². The number of anilines is 1. The van der Waals surface area contributed by atoms with Gasteiger partial charge in [0, 0.05) is 17.8 Å². The van der Waals surface area contributed by atoms with Crippen molar-refractivity contribution in [1.29, 1.82) is 0 Å². The second-order valence-electron chi connectivity index (χ2n) is 7.45. The molecule has 0 unspecified atom stereocenters. The number of benzene rings is 1.